The Hall–Kier alpha value is -1.36. The highest BCUT2D eigenvalue weighted by Crippen LogP contribution is 2.18. The third kappa shape index (κ3) is 1.77. The second-order valence-electron chi connectivity index (χ2n) is 3.39. The molecule has 5 heteroatoms. The van der Waals surface area contributed by atoms with E-state index in [9.17, 15) is 4.79 Å². The molecule has 1 aromatic heterocycles. The van der Waals surface area contributed by atoms with E-state index < -0.39 is 5.97 Å². The van der Waals surface area contributed by atoms with Gasteiger partial charge in [0.15, 0.2) is 0 Å². The van der Waals surface area contributed by atoms with Gasteiger partial charge in [-0.05, 0) is 12.8 Å². The number of rotatable bonds is 2. The lowest BCUT2D eigenvalue weighted by Gasteiger charge is -2.22. The number of aromatic carboxylic acids is 1. The maximum absolute atomic E-state index is 10.6. The zero-order chi connectivity index (χ0) is 9.97. The van der Waals surface area contributed by atoms with Crippen LogP contribution in [0.1, 0.15) is 29.2 Å². The van der Waals surface area contributed by atoms with Crippen molar-refractivity contribution in [3.8, 4) is 0 Å². The number of carbonyl (C=O) groups is 1. The molecule has 1 fully saturated rings. The molecule has 0 aromatic carbocycles. The molecule has 1 aliphatic heterocycles. The van der Waals surface area contributed by atoms with E-state index in [-0.39, 0.29) is 11.6 Å². The van der Waals surface area contributed by atoms with Crippen molar-refractivity contribution < 1.29 is 14.6 Å². The van der Waals surface area contributed by atoms with Crippen molar-refractivity contribution in [2.45, 2.75) is 18.9 Å². The largest absolute Gasteiger partial charge is 0.478 e. The summed E-state index contributed by atoms with van der Waals surface area (Å²) in [5, 5.41) is 12.7. The molecule has 1 unspecified atom stereocenters. The number of hydrogen-bond acceptors (Lipinski definition) is 3. The van der Waals surface area contributed by atoms with Crippen LogP contribution in [0.15, 0.2) is 12.4 Å². The molecule has 76 valence electrons. The van der Waals surface area contributed by atoms with Crippen LogP contribution in [0.25, 0.3) is 0 Å². The number of nitrogens with zero attached hydrogens (tertiary/aromatic N) is 2. The topological polar surface area (TPSA) is 64.3 Å². The number of ether oxygens (including phenoxy) is 1. The van der Waals surface area contributed by atoms with Crippen molar-refractivity contribution in [1.82, 2.24) is 9.78 Å². The molecule has 1 saturated heterocycles. The van der Waals surface area contributed by atoms with Crippen molar-refractivity contribution in [3.63, 3.8) is 0 Å². The first kappa shape index (κ1) is 9.21. The van der Waals surface area contributed by atoms with Gasteiger partial charge in [-0.1, -0.05) is 0 Å². The summed E-state index contributed by atoms with van der Waals surface area (Å²) in [6.07, 6.45) is 4.94. The first-order valence-electron chi connectivity index (χ1n) is 4.62. The maximum atomic E-state index is 10.6. The standard InChI is InChI=1S/C9H12N2O3/c12-9(13)7-4-10-11(5-7)8-2-1-3-14-6-8/h4-5,8H,1-3,6H2,(H,12,13). The van der Waals surface area contributed by atoms with E-state index in [1.54, 1.807) is 10.9 Å². The Morgan fingerprint density at radius 2 is 2.57 bits per heavy atom. The van der Waals surface area contributed by atoms with Gasteiger partial charge in [0, 0.05) is 12.8 Å². The number of carboxylic acid groups (broad SMARTS) is 1. The highest BCUT2D eigenvalue weighted by molar-refractivity contribution is 5.86. The molecule has 1 N–H and O–H groups in total. The summed E-state index contributed by atoms with van der Waals surface area (Å²) in [6.45, 7) is 1.42. The molecule has 1 aliphatic rings. The van der Waals surface area contributed by atoms with Gasteiger partial charge in [-0.25, -0.2) is 4.79 Å². The average Bonchev–Trinajstić information content (AvgIpc) is 2.68. The summed E-state index contributed by atoms with van der Waals surface area (Å²) >= 11 is 0. The lowest BCUT2D eigenvalue weighted by atomic mass is 10.1. The van der Waals surface area contributed by atoms with Crippen molar-refractivity contribution in [2.24, 2.45) is 0 Å². The highest BCUT2D eigenvalue weighted by atomic mass is 16.5. The summed E-state index contributed by atoms with van der Waals surface area (Å²) in [4.78, 5) is 10.6. The molecule has 14 heavy (non-hydrogen) atoms. The lowest BCUT2D eigenvalue weighted by molar-refractivity contribution is 0.0547. The predicted octanol–water partition coefficient (Wildman–Crippen LogP) is 0.933. The van der Waals surface area contributed by atoms with Gasteiger partial charge in [-0.3, -0.25) is 4.68 Å². The molecule has 0 aliphatic carbocycles. The quantitative estimate of drug-likeness (QED) is 0.764. The van der Waals surface area contributed by atoms with Crippen LogP contribution < -0.4 is 0 Å². The first-order valence-corrected chi connectivity index (χ1v) is 4.62. The van der Waals surface area contributed by atoms with E-state index in [0.29, 0.717) is 6.61 Å². The van der Waals surface area contributed by atoms with Crippen molar-refractivity contribution in [3.05, 3.63) is 18.0 Å². The summed E-state index contributed by atoms with van der Waals surface area (Å²) in [6, 6.07) is 0.192. The van der Waals surface area contributed by atoms with E-state index in [4.69, 9.17) is 9.84 Å². The Kier molecular flexibility index (Phi) is 2.49. The Morgan fingerprint density at radius 1 is 1.71 bits per heavy atom. The van der Waals surface area contributed by atoms with Gasteiger partial charge in [0.2, 0.25) is 0 Å². The first-order chi connectivity index (χ1) is 6.77. The summed E-state index contributed by atoms with van der Waals surface area (Å²) in [5.41, 5.74) is 0.232. The Balaban J connectivity index is 2.11. The van der Waals surface area contributed by atoms with Gasteiger partial charge in [-0.2, -0.15) is 5.10 Å². The number of carboxylic acids is 1. The van der Waals surface area contributed by atoms with E-state index in [0.717, 1.165) is 19.4 Å². The van der Waals surface area contributed by atoms with E-state index >= 15 is 0 Å². The minimum absolute atomic E-state index is 0.192. The molecular weight excluding hydrogens is 184 g/mol. The van der Waals surface area contributed by atoms with Crippen LogP contribution in [0.2, 0.25) is 0 Å². The summed E-state index contributed by atoms with van der Waals surface area (Å²) in [5.74, 6) is -0.937. The van der Waals surface area contributed by atoms with Crippen LogP contribution in [-0.2, 0) is 4.74 Å². The van der Waals surface area contributed by atoms with Crippen LogP contribution in [0.4, 0.5) is 0 Å². The average molecular weight is 196 g/mol. The number of aromatic nitrogens is 2. The fourth-order valence-corrected chi connectivity index (χ4v) is 1.58. The normalized spacial score (nSPS) is 22.1. The lowest BCUT2D eigenvalue weighted by Crippen LogP contribution is -2.21. The van der Waals surface area contributed by atoms with Crippen LogP contribution in [0.5, 0.6) is 0 Å². The fourth-order valence-electron chi connectivity index (χ4n) is 1.58. The highest BCUT2D eigenvalue weighted by Gasteiger charge is 2.17. The fraction of sp³-hybridized carbons (Fsp3) is 0.556. The molecule has 1 atom stereocenters. The van der Waals surface area contributed by atoms with E-state index in [1.165, 1.54) is 6.20 Å². The molecule has 0 spiro atoms. The van der Waals surface area contributed by atoms with E-state index in [2.05, 4.69) is 5.10 Å². The Bertz CT molecular complexity index is 329. The van der Waals surface area contributed by atoms with Gasteiger partial charge in [0.05, 0.1) is 24.4 Å². The zero-order valence-electron chi connectivity index (χ0n) is 7.72. The van der Waals surface area contributed by atoms with Crippen LogP contribution >= 0.6 is 0 Å². The van der Waals surface area contributed by atoms with Crippen molar-refractivity contribution in [1.29, 1.82) is 0 Å². The van der Waals surface area contributed by atoms with E-state index in [1.807, 2.05) is 0 Å². The molecule has 0 bridgehead atoms. The van der Waals surface area contributed by atoms with Gasteiger partial charge >= 0.3 is 5.97 Å². The summed E-state index contributed by atoms with van der Waals surface area (Å²) < 4.78 is 6.98. The third-order valence-corrected chi connectivity index (χ3v) is 2.36. The molecule has 5 nitrogen and oxygen atoms in total. The van der Waals surface area contributed by atoms with Crippen LogP contribution in [-0.4, -0.2) is 34.1 Å². The second kappa shape index (κ2) is 3.79. The molecule has 1 aromatic rings. The molecule has 0 radical (unpaired) electrons. The van der Waals surface area contributed by atoms with Gasteiger partial charge < -0.3 is 9.84 Å². The van der Waals surface area contributed by atoms with Gasteiger partial charge in [-0.15, -0.1) is 0 Å². The molecule has 2 heterocycles. The summed E-state index contributed by atoms with van der Waals surface area (Å²) in [7, 11) is 0. The molecule has 0 saturated carbocycles. The monoisotopic (exact) mass is 196 g/mol. The minimum atomic E-state index is -0.937. The van der Waals surface area contributed by atoms with Crippen LogP contribution in [0.3, 0.4) is 0 Å². The second-order valence-corrected chi connectivity index (χ2v) is 3.39. The third-order valence-electron chi connectivity index (χ3n) is 2.36. The Labute approximate surface area is 81.3 Å². The SMILES string of the molecule is O=C(O)c1cnn(C2CCCOC2)c1. The van der Waals surface area contributed by atoms with Crippen molar-refractivity contribution in [2.75, 3.05) is 13.2 Å². The molecule has 2 rings (SSSR count). The smallest absolute Gasteiger partial charge is 0.338 e. The van der Waals surface area contributed by atoms with Gasteiger partial charge in [0.25, 0.3) is 0 Å². The Morgan fingerprint density at radius 3 is 3.14 bits per heavy atom. The predicted molar refractivity (Wildman–Crippen MR) is 48.3 cm³/mol. The molecular formula is C9H12N2O3. The minimum Gasteiger partial charge on any atom is -0.478 e. The number of hydrogen-bond donors (Lipinski definition) is 1. The van der Waals surface area contributed by atoms with Gasteiger partial charge in [0.1, 0.15) is 0 Å². The molecule has 0 amide bonds. The van der Waals surface area contributed by atoms with Crippen molar-refractivity contribution >= 4 is 5.97 Å². The van der Waals surface area contributed by atoms with Crippen LogP contribution in [0, 0.1) is 0 Å². The zero-order valence-corrected chi connectivity index (χ0v) is 7.72. The maximum Gasteiger partial charge on any atom is 0.338 e.